The van der Waals surface area contributed by atoms with Crippen LogP contribution in [0.1, 0.15) is 51.0 Å². The minimum atomic E-state index is -0.268. The van der Waals surface area contributed by atoms with Crippen molar-refractivity contribution in [3.05, 3.63) is 23.8 Å². The van der Waals surface area contributed by atoms with Gasteiger partial charge in [-0.05, 0) is 51.5 Å². The second-order valence-electron chi connectivity index (χ2n) is 8.33. The molecule has 0 atom stereocenters. The molecule has 0 spiro atoms. The molecule has 0 bridgehead atoms. The van der Waals surface area contributed by atoms with Crippen LogP contribution in [0, 0.1) is 0 Å². The number of carbonyl (C=O) groups excluding carboxylic acids is 1. The summed E-state index contributed by atoms with van der Waals surface area (Å²) in [4.78, 5) is 18.1. The van der Waals surface area contributed by atoms with Crippen molar-refractivity contribution in [3.8, 4) is 11.5 Å². The maximum absolute atomic E-state index is 11.1. The number of nitrogens with one attached hydrogen (secondary N) is 2. The zero-order chi connectivity index (χ0) is 22.1. The van der Waals surface area contributed by atoms with E-state index in [9.17, 15) is 4.79 Å². The molecule has 1 amide bonds. The van der Waals surface area contributed by atoms with Gasteiger partial charge in [0, 0.05) is 31.2 Å². The van der Waals surface area contributed by atoms with E-state index >= 15 is 0 Å². The van der Waals surface area contributed by atoms with Gasteiger partial charge in [-0.1, -0.05) is 12.1 Å². The van der Waals surface area contributed by atoms with Crippen LogP contribution in [-0.2, 0) is 11.3 Å². The van der Waals surface area contributed by atoms with Gasteiger partial charge in [0.15, 0.2) is 17.5 Å². The Balaban J connectivity index is 0.00000363. The number of likely N-dealkylation sites (tertiary alicyclic amines) is 1. The first kappa shape index (κ1) is 26.5. The van der Waals surface area contributed by atoms with E-state index in [1.54, 1.807) is 7.11 Å². The average molecular weight is 559 g/mol. The molecule has 1 heterocycles. The number of piperidine rings is 1. The molecule has 8 nitrogen and oxygen atoms in total. The maximum atomic E-state index is 11.1. The van der Waals surface area contributed by atoms with Gasteiger partial charge in [0.05, 0.1) is 26.3 Å². The molecule has 1 aromatic carbocycles. The molecule has 32 heavy (non-hydrogen) atoms. The first-order valence-corrected chi connectivity index (χ1v) is 11.5. The van der Waals surface area contributed by atoms with Crippen LogP contribution >= 0.6 is 24.0 Å². The Morgan fingerprint density at radius 1 is 1.22 bits per heavy atom. The molecule has 1 aliphatic carbocycles. The lowest BCUT2D eigenvalue weighted by Gasteiger charge is -2.32. The molecule has 9 heteroatoms. The van der Waals surface area contributed by atoms with Crippen molar-refractivity contribution in [2.24, 2.45) is 10.7 Å². The molecule has 2 fully saturated rings. The lowest BCUT2D eigenvalue weighted by atomic mass is 10.1. The van der Waals surface area contributed by atoms with Crippen molar-refractivity contribution in [1.29, 1.82) is 0 Å². The second kappa shape index (κ2) is 13.7. The number of hydrogen-bond donors (Lipinski definition) is 3. The Morgan fingerprint density at radius 2 is 1.94 bits per heavy atom. The number of ether oxygens (including phenoxy) is 2. The highest BCUT2D eigenvalue weighted by Crippen LogP contribution is 2.35. The number of amides is 1. The molecule has 4 N–H and O–H groups in total. The number of para-hydroxylation sites is 1. The number of nitrogens with two attached hydrogens (primary N) is 1. The van der Waals surface area contributed by atoms with Crippen molar-refractivity contribution in [1.82, 2.24) is 15.5 Å². The van der Waals surface area contributed by atoms with Crippen LogP contribution in [0.4, 0.5) is 0 Å². The van der Waals surface area contributed by atoms with E-state index in [4.69, 9.17) is 20.2 Å². The fourth-order valence-electron chi connectivity index (χ4n) is 4.29. The standard InChI is InChI=1S/C23H37N5O3.HI/c1-3-25-23(27-18-11-13-28(14-12-18)16-21(24)29)26-15-17-7-6-10-20(30-2)22(17)31-19-8-4-5-9-19;/h6-7,10,18-19H,3-5,8-9,11-16H2,1-2H3,(H2,24,29)(H2,25,26,27);1H. The van der Waals surface area contributed by atoms with Gasteiger partial charge in [-0.25, -0.2) is 4.99 Å². The molecule has 1 saturated carbocycles. The van der Waals surface area contributed by atoms with Crippen molar-refractivity contribution in [2.75, 3.05) is 33.3 Å². The summed E-state index contributed by atoms with van der Waals surface area (Å²) < 4.78 is 11.9. The molecule has 180 valence electrons. The highest BCUT2D eigenvalue weighted by Gasteiger charge is 2.22. The molecular weight excluding hydrogens is 521 g/mol. The van der Waals surface area contributed by atoms with Crippen molar-refractivity contribution in [3.63, 3.8) is 0 Å². The van der Waals surface area contributed by atoms with Crippen LogP contribution < -0.4 is 25.8 Å². The van der Waals surface area contributed by atoms with Crippen molar-refractivity contribution < 1.29 is 14.3 Å². The lowest BCUT2D eigenvalue weighted by Crippen LogP contribution is -2.49. The maximum Gasteiger partial charge on any atom is 0.231 e. The number of benzene rings is 1. The van der Waals surface area contributed by atoms with Gasteiger partial charge in [0.2, 0.25) is 5.91 Å². The second-order valence-corrected chi connectivity index (χ2v) is 8.33. The van der Waals surface area contributed by atoms with Gasteiger partial charge in [-0.3, -0.25) is 9.69 Å². The summed E-state index contributed by atoms with van der Waals surface area (Å²) in [6.07, 6.45) is 6.80. The fourth-order valence-corrected chi connectivity index (χ4v) is 4.29. The highest BCUT2D eigenvalue weighted by molar-refractivity contribution is 14.0. The third-order valence-corrected chi connectivity index (χ3v) is 5.93. The van der Waals surface area contributed by atoms with Crippen LogP contribution in [0.5, 0.6) is 11.5 Å². The van der Waals surface area contributed by atoms with Crippen LogP contribution in [0.3, 0.4) is 0 Å². The SMILES string of the molecule is CCNC(=NCc1cccc(OC)c1OC1CCCC1)NC1CCN(CC(N)=O)CC1.I. The van der Waals surface area contributed by atoms with Crippen molar-refractivity contribution >= 4 is 35.8 Å². The molecule has 1 aromatic rings. The van der Waals surface area contributed by atoms with Crippen LogP contribution in [0.2, 0.25) is 0 Å². The number of nitrogens with zero attached hydrogens (tertiary/aromatic N) is 2. The molecule has 0 unspecified atom stereocenters. The number of guanidine groups is 1. The van der Waals surface area contributed by atoms with Crippen molar-refractivity contribution in [2.45, 2.75) is 64.1 Å². The largest absolute Gasteiger partial charge is 0.493 e. The number of hydrogen-bond acceptors (Lipinski definition) is 5. The molecule has 0 aromatic heterocycles. The van der Waals surface area contributed by atoms with Gasteiger partial charge in [0.1, 0.15) is 0 Å². The summed E-state index contributed by atoms with van der Waals surface area (Å²) in [5, 5.41) is 6.89. The topological polar surface area (TPSA) is 101 Å². The quantitative estimate of drug-likeness (QED) is 0.245. The molecule has 2 aliphatic rings. The van der Waals surface area contributed by atoms with Gasteiger partial charge < -0.3 is 25.8 Å². The first-order valence-electron chi connectivity index (χ1n) is 11.5. The van der Waals surface area contributed by atoms with E-state index in [0.29, 0.717) is 19.1 Å². The summed E-state index contributed by atoms with van der Waals surface area (Å²) in [6.45, 7) is 5.41. The Hall–Kier alpha value is -1.75. The number of primary amides is 1. The minimum Gasteiger partial charge on any atom is -0.493 e. The summed E-state index contributed by atoms with van der Waals surface area (Å²) >= 11 is 0. The number of methoxy groups -OCH3 is 1. The van der Waals surface area contributed by atoms with Crippen LogP contribution in [0.25, 0.3) is 0 Å². The third kappa shape index (κ3) is 7.99. The first-order chi connectivity index (χ1) is 15.1. The van der Waals surface area contributed by atoms with Gasteiger partial charge in [-0.15, -0.1) is 24.0 Å². The van der Waals surface area contributed by atoms with Gasteiger partial charge in [0.25, 0.3) is 0 Å². The Morgan fingerprint density at radius 3 is 2.56 bits per heavy atom. The third-order valence-electron chi connectivity index (χ3n) is 5.93. The van der Waals surface area contributed by atoms with E-state index in [1.165, 1.54) is 12.8 Å². The monoisotopic (exact) mass is 559 g/mol. The number of halogens is 1. The highest BCUT2D eigenvalue weighted by atomic mass is 127. The van der Waals surface area contributed by atoms with Crippen LogP contribution in [0.15, 0.2) is 23.2 Å². The van der Waals surface area contributed by atoms with E-state index in [1.807, 2.05) is 12.1 Å². The zero-order valence-electron chi connectivity index (χ0n) is 19.3. The van der Waals surface area contributed by atoms with E-state index in [2.05, 4.69) is 28.5 Å². The van der Waals surface area contributed by atoms with E-state index < -0.39 is 0 Å². The summed E-state index contributed by atoms with van der Waals surface area (Å²) in [6, 6.07) is 6.31. The normalized spacial score (nSPS) is 18.1. The molecule has 3 rings (SSSR count). The minimum absolute atomic E-state index is 0. The number of aliphatic imine (C=N–C) groups is 1. The summed E-state index contributed by atoms with van der Waals surface area (Å²) in [5.74, 6) is 2.11. The predicted octanol–water partition coefficient (Wildman–Crippen LogP) is 2.64. The fraction of sp³-hybridized carbons (Fsp3) is 0.652. The number of carbonyl (C=O) groups is 1. The Bertz CT molecular complexity index is 747. The van der Waals surface area contributed by atoms with Crippen LogP contribution in [-0.4, -0.2) is 62.2 Å². The average Bonchev–Trinajstić information content (AvgIpc) is 3.27. The molecule has 1 saturated heterocycles. The Kier molecular flexibility index (Phi) is 11.4. The summed E-state index contributed by atoms with van der Waals surface area (Å²) in [7, 11) is 1.68. The zero-order valence-corrected chi connectivity index (χ0v) is 21.6. The summed E-state index contributed by atoms with van der Waals surface area (Å²) in [5.41, 5.74) is 6.34. The predicted molar refractivity (Wildman–Crippen MR) is 138 cm³/mol. The van der Waals surface area contributed by atoms with Gasteiger partial charge in [-0.2, -0.15) is 0 Å². The van der Waals surface area contributed by atoms with Gasteiger partial charge >= 0.3 is 0 Å². The molecule has 0 radical (unpaired) electrons. The smallest absolute Gasteiger partial charge is 0.231 e. The Labute approximate surface area is 208 Å². The molecule has 1 aliphatic heterocycles. The number of rotatable bonds is 9. The van der Waals surface area contributed by atoms with E-state index in [-0.39, 0.29) is 36.0 Å². The van der Waals surface area contributed by atoms with E-state index in [0.717, 1.165) is 68.3 Å². The molecular formula is C23H38IN5O3. The lowest BCUT2D eigenvalue weighted by molar-refractivity contribution is -0.119.